The summed E-state index contributed by atoms with van der Waals surface area (Å²) < 4.78 is 40.1. The molecule has 1 saturated carbocycles. The molecule has 1 saturated heterocycles. The van der Waals surface area contributed by atoms with Crippen LogP contribution in [-0.4, -0.2) is 46.7 Å². The Morgan fingerprint density at radius 2 is 1.70 bits per heavy atom. The number of aromatic amines is 1. The van der Waals surface area contributed by atoms with Gasteiger partial charge in [-0.3, -0.25) is 9.59 Å². The second kappa shape index (κ2) is 12.4. The number of para-hydroxylation sites is 1. The first-order valence-electron chi connectivity index (χ1n) is 14.3. The van der Waals surface area contributed by atoms with Crippen molar-refractivity contribution in [3.8, 4) is 0 Å². The molecule has 1 aliphatic heterocycles. The molecule has 1 unspecified atom stereocenters. The molecule has 2 heterocycles. The number of likely N-dealkylation sites (tertiary alicyclic amines) is 1. The van der Waals surface area contributed by atoms with Crippen molar-refractivity contribution < 1.29 is 22.8 Å². The maximum Gasteiger partial charge on any atom is 0.246 e. The highest BCUT2D eigenvalue weighted by Crippen LogP contribution is 2.37. The van der Waals surface area contributed by atoms with Gasteiger partial charge in [0.1, 0.15) is 5.78 Å². The number of carbonyl (C=O) groups is 2. The summed E-state index contributed by atoms with van der Waals surface area (Å²) in [6.07, 6.45) is 10.8. The number of halogens is 3. The molecule has 1 atom stereocenters. The summed E-state index contributed by atoms with van der Waals surface area (Å²) in [7, 11) is 0. The third-order valence-electron chi connectivity index (χ3n) is 8.65. The monoisotopic (exact) mass is 551 g/mol. The van der Waals surface area contributed by atoms with E-state index in [2.05, 4.69) is 34.7 Å². The number of piperidine rings is 1. The fourth-order valence-corrected chi connectivity index (χ4v) is 6.37. The molecular formula is C32H36F3N3O2. The lowest BCUT2D eigenvalue weighted by atomic mass is 9.80. The number of nitrogens with zero attached hydrogens (tertiary/aromatic N) is 1. The maximum absolute atomic E-state index is 13.5. The van der Waals surface area contributed by atoms with E-state index < -0.39 is 17.5 Å². The molecule has 0 spiro atoms. The van der Waals surface area contributed by atoms with Crippen LogP contribution in [0.25, 0.3) is 17.0 Å². The van der Waals surface area contributed by atoms with E-state index in [4.69, 9.17) is 0 Å². The number of carbonyl (C=O) groups excluding carboxylic acids is 2. The summed E-state index contributed by atoms with van der Waals surface area (Å²) in [6, 6.07) is 10.2. The molecule has 5 rings (SSSR count). The van der Waals surface area contributed by atoms with Gasteiger partial charge in [0.15, 0.2) is 17.5 Å². The van der Waals surface area contributed by atoms with Crippen molar-refractivity contribution in [3.05, 3.63) is 77.2 Å². The Morgan fingerprint density at radius 1 is 1.02 bits per heavy atom. The van der Waals surface area contributed by atoms with Gasteiger partial charge in [-0.1, -0.05) is 25.1 Å². The molecule has 2 fully saturated rings. The van der Waals surface area contributed by atoms with Crippen LogP contribution in [0.3, 0.4) is 0 Å². The summed E-state index contributed by atoms with van der Waals surface area (Å²) in [4.78, 5) is 30.8. The summed E-state index contributed by atoms with van der Waals surface area (Å²) >= 11 is 0. The van der Waals surface area contributed by atoms with E-state index in [0.717, 1.165) is 37.8 Å². The fourth-order valence-electron chi connectivity index (χ4n) is 6.37. The topological polar surface area (TPSA) is 65.2 Å². The van der Waals surface area contributed by atoms with Crippen LogP contribution >= 0.6 is 0 Å². The van der Waals surface area contributed by atoms with Crippen molar-refractivity contribution in [2.75, 3.05) is 13.1 Å². The van der Waals surface area contributed by atoms with Crippen molar-refractivity contribution in [3.63, 3.8) is 0 Å². The smallest absolute Gasteiger partial charge is 0.246 e. The Morgan fingerprint density at radius 3 is 2.38 bits per heavy atom. The number of ketones is 1. The number of benzene rings is 2. The van der Waals surface area contributed by atoms with E-state index in [9.17, 15) is 22.8 Å². The molecule has 1 amide bonds. The predicted molar refractivity (Wildman–Crippen MR) is 150 cm³/mol. The highest BCUT2D eigenvalue weighted by molar-refractivity contribution is 5.92. The zero-order valence-corrected chi connectivity index (χ0v) is 22.8. The van der Waals surface area contributed by atoms with Gasteiger partial charge in [-0.25, -0.2) is 13.2 Å². The van der Waals surface area contributed by atoms with Crippen LogP contribution in [0.2, 0.25) is 0 Å². The third kappa shape index (κ3) is 6.17. The second-order valence-electron chi connectivity index (χ2n) is 11.1. The van der Waals surface area contributed by atoms with Crippen molar-refractivity contribution >= 4 is 28.7 Å². The van der Waals surface area contributed by atoms with Gasteiger partial charge in [-0.15, -0.1) is 0 Å². The molecule has 0 radical (unpaired) electrons. The lowest BCUT2D eigenvalue weighted by Gasteiger charge is -2.38. The first-order valence-corrected chi connectivity index (χ1v) is 14.3. The van der Waals surface area contributed by atoms with Crippen molar-refractivity contribution in [2.45, 2.75) is 69.9 Å². The van der Waals surface area contributed by atoms with Gasteiger partial charge in [-0.2, -0.15) is 0 Å². The van der Waals surface area contributed by atoms with Gasteiger partial charge in [-0.05, 0) is 85.8 Å². The fraction of sp³-hybridized carbons (Fsp3) is 0.438. The molecule has 3 aromatic rings. The Hall–Kier alpha value is -3.39. The van der Waals surface area contributed by atoms with Crippen LogP contribution in [0.1, 0.15) is 68.9 Å². The molecule has 5 nitrogen and oxygen atoms in total. The molecule has 8 heteroatoms. The number of hydrogen-bond donors (Lipinski definition) is 2. The highest BCUT2D eigenvalue weighted by Gasteiger charge is 2.34. The Kier molecular flexibility index (Phi) is 8.74. The molecule has 2 N–H and O–H groups in total. The molecule has 40 heavy (non-hydrogen) atoms. The minimum Gasteiger partial charge on any atom is -0.361 e. The Labute approximate surface area is 232 Å². The van der Waals surface area contributed by atoms with Crippen LogP contribution in [-0.2, 0) is 9.59 Å². The van der Waals surface area contributed by atoms with E-state index in [1.807, 2.05) is 13.0 Å². The van der Waals surface area contributed by atoms with Crippen LogP contribution in [0.15, 0.2) is 48.7 Å². The second-order valence-corrected chi connectivity index (χ2v) is 11.1. The minimum absolute atomic E-state index is 0.0804. The molecular weight excluding hydrogens is 515 g/mol. The van der Waals surface area contributed by atoms with Crippen LogP contribution in [0, 0.1) is 23.4 Å². The van der Waals surface area contributed by atoms with Gasteiger partial charge in [0.05, 0.1) is 6.04 Å². The number of H-pyrrole nitrogens is 1. The first-order chi connectivity index (χ1) is 19.3. The van der Waals surface area contributed by atoms with Crippen LogP contribution < -0.4 is 5.32 Å². The quantitative estimate of drug-likeness (QED) is 0.248. The Bertz CT molecular complexity index is 1360. The molecule has 0 bridgehead atoms. The molecule has 2 aromatic carbocycles. The summed E-state index contributed by atoms with van der Waals surface area (Å²) in [6.45, 7) is 2.90. The van der Waals surface area contributed by atoms with E-state index in [1.54, 1.807) is 4.90 Å². The molecule has 212 valence electrons. The number of amides is 1. The zero-order chi connectivity index (χ0) is 28.2. The number of rotatable bonds is 8. The van der Waals surface area contributed by atoms with Gasteiger partial charge in [0, 0.05) is 48.7 Å². The highest BCUT2D eigenvalue weighted by atomic mass is 19.2. The maximum atomic E-state index is 13.5. The minimum atomic E-state index is -1.53. The molecule has 2 aliphatic rings. The van der Waals surface area contributed by atoms with Crippen molar-refractivity contribution in [2.24, 2.45) is 5.92 Å². The largest absolute Gasteiger partial charge is 0.361 e. The summed E-state index contributed by atoms with van der Waals surface area (Å²) in [5.74, 6) is -3.52. The molecule has 1 aliphatic carbocycles. The van der Waals surface area contributed by atoms with Gasteiger partial charge >= 0.3 is 0 Å². The number of nitrogens with one attached hydrogen (secondary N) is 2. The lowest BCUT2D eigenvalue weighted by Crippen LogP contribution is -2.51. The lowest BCUT2D eigenvalue weighted by molar-refractivity contribution is -0.128. The van der Waals surface area contributed by atoms with Gasteiger partial charge < -0.3 is 15.2 Å². The van der Waals surface area contributed by atoms with E-state index in [1.165, 1.54) is 28.6 Å². The number of aromatic nitrogens is 1. The zero-order valence-electron chi connectivity index (χ0n) is 22.8. The third-order valence-corrected chi connectivity index (χ3v) is 8.65. The normalized spacial score (nSPS) is 21.2. The molecule has 1 aromatic heterocycles. The summed E-state index contributed by atoms with van der Waals surface area (Å²) in [5, 5.41) is 5.01. The van der Waals surface area contributed by atoms with Gasteiger partial charge in [0.2, 0.25) is 5.91 Å². The van der Waals surface area contributed by atoms with Crippen molar-refractivity contribution in [1.29, 1.82) is 0 Å². The summed E-state index contributed by atoms with van der Waals surface area (Å²) in [5.41, 5.74) is 2.64. The van der Waals surface area contributed by atoms with Crippen molar-refractivity contribution in [1.82, 2.24) is 15.2 Å². The predicted octanol–water partition coefficient (Wildman–Crippen LogP) is 6.50. The number of hydrogen-bond acceptors (Lipinski definition) is 3. The van der Waals surface area contributed by atoms with E-state index in [-0.39, 0.29) is 29.2 Å². The van der Waals surface area contributed by atoms with E-state index >= 15 is 0 Å². The first kappa shape index (κ1) is 28.1. The standard InChI is InChI=1S/C32H36F3N3O2/c1-2-29(39)32(37-23-10-8-21(9-11-23)25-19-36-28-6-4-3-5-24(25)28)22-13-15-38(16-14-22)30(40)12-7-20-17-26(33)31(35)27(34)18-20/h3-7,12,17-19,21-23,32,36-37H,2,8-11,13-16H2,1H3/b12-7+. The average molecular weight is 552 g/mol. The number of fused-ring (bicyclic) bond motifs is 1. The van der Waals surface area contributed by atoms with E-state index in [0.29, 0.717) is 44.3 Å². The average Bonchev–Trinajstić information content (AvgIpc) is 3.41. The van der Waals surface area contributed by atoms with Crippen LogP contribution in [0.5, 0.6) is 0 Å². The Balaban J connectivity index is 1.15. The SMILES string of the molecule is CCC(=O)C(NC1CCC(c2c[nH]c3ccccc23)CC1)C1CCN(C(=O)/C=C/c2cc(F)c(F)c(F)c2)CC1. The number of Topliss-reactive ketones (excluding diaryl/α,β-unsaturated/α-hetero) is 1. The van der Waals surface area contributed by atoms with Gasteiger partial charge in [0.25, 0.3) is 0 Å². The van der Waals surface area contributed by atoms with Crippen LogP contribution in [0.4, 0.5) is 13.2 Å².